The Labute approximate surface area is 131 Å². The lowest BCUT2D eigenvalue weighted by atomic mass is 10.3. The van der Waals surface area contributed by atoms with Crippen LogP contribution in [0.3, 0.4) is 0 Å². The zero-order chi connectivity index (χ0) is 15.4. The van der Waals surface area contributed by atoms with Crippen molar-refractivity contribution in [3.63, 3.8) is 0 Å². The van der Waals surface area contributed by atoms with Crippen LogP contribution in [0.4, 0.5) is 0 Å². The molecule has 6 nitrogen and oxygen atoms in total. The first kappa shape index (κ1) is 14.2. The third-order valence-electron chi connectivity index (χ3n) is 2.98. The Morgan fingerprint density at radius 1 is 1.18 bits per heavy atom. The number of rotatable bonds is 4. The van der Waals surface area contributed by atoms with E-state index in [0.29, 0.717) is 17.3 Å². The summed E-state index contributed by atoms with van der Waals surface area (Å²) in [5, 5.41) is 11.1. The van der Waals surface area contributed by atoms with Gasteiger partial charge >= 0.3 is 0 Å². The molecule has 0 saturated carbocycles. The van der Waals surface area contributed by atoms with E-state index in [4.69, 9.17) is 11.6 Å². The molecule has 110 valence electrons. The maximum absolute atomic E-state index is 12.1. The van der Waals surface area contributed by atoms with Crippen molar-refractivity contribution in [3.05, 3.63) is 71.3 Å². The number of carbonyl (C=O) groups is 1. The summed E-state index contributed by atoms with van der Waals surface area (Å²) < 4.78 is 1.47. The van der Waals surface area contributed by atoms with Gasteiger partial charge in [-0.1, -0.05) is 35.0 Å². The number of hydrogen-bond donors (Lipinski definition) is 1. The molecule has 0 aliphatic rings. The van der Waals surface area contributed by atoms with Crippen molar-refractivity contribution in [1.29, 1.82) is 0 Å². The number of carbonyl (C=O) groups excluding carboxylic acids is 1. The molecule has 0 bridgehead atoms. The van der Waals surface area contributed by atoms with Crippen LogP contribution >= 0.6 is 11.6 Å². The summed E-state index contributed by atoms with van der Waals surface area (Å²) in [5.41, 5.74) is 1.66. The highest BCUT2D eigenvalue weighted by atomic mass is 35.5. The van der Waals surface area contributed by atoms with E-state index in [1.807, 2.05) is 30.3 Å². The molecular weight excluding hydrogens is 302 g/mol. The van der Waals surface area contributed by atoms with Gasteiger partial charge in [-0.3, -0.25) is 9.78 Å². The first-order valence-electron chi connectivity index (χ1n) is 6.59. The number of aromatic nitrogens is 4. The molecule has 0 atom stereocenters. The number of para-hydroxylation sites is 1. The SMILES string of the molecule is O=C(NCc1ccccn1)c1cn(-c2ccccc2Cl)nn1. The quantitative estimate of drug-likeness (QED) is 0.802. The first-order chi connectivity index (χ1) is 10.7. The molecule has 7 heteroatoms. The molecule has 0 saturated heterocycles. The van der Waals surface area contributed by atoms with Crippen LogP contribution in [-0.4, -0.2) is 25.9 Å². The van der Waals surface area contributed by atoms with Gasteiger partial charge in [-0.15, -0.1) is 5.10 Å². The van der Waals surface area contributed by atoms with Crippen LogP contribution in [0, 0.1) is 0 Å². The van der Waals surface area contributed by atoms with Gasteiger partial charge in [-0.05, 0) is 24.3 Å². The highest BCUT2D eigenvalue weighted by Gasteiger charge is 2.12. The smallest absolute Gasteiger partial charge is 0.273 e. The number of pyridine rings is 1. The molecule has 2 aromatic heterocycles. The number of hydrogen-bond acceptors (Lipinski definition) is 4. The fourth-order valence-electron chi connectivity index (χ4n) is 1.89. The highest BCUT2D eigenvalue weighted by molar-refractivity contribution is 6.32. The van der Waals surface area contributed by atoms with Crippen LogP contribution in [0.5, 0.6) is 0 Å². The molecule has 3 rings (SSSR count). The molecule has 3 aromatic rings. The summed E-state index contributed by atoms with van der Waals surface area (Å²) in [6.45, 7) is 0.332. The lowest BCUT2D eigenvalue weighted by Crippen LogP contribution is -2.23. The van der Waals surface area contributed by atoms with Gasteiger partial charge in [0.1, 0.15) is 0 Å². The molecule has 0 aliphatic heterocycles. The third kappa shape index (κ3) is 3.12. The molecule has 1 N–H and O–H groups in total. The number of benzene rings is 1. The van der Waals surface area contributed by atoms with Crippen LogP contribution < -0.4 is 5.32 Å². The van der Waals surface area contributed by atoms with E-state index in [9.17, 15) is 4.79 Å². The molecule has 0 aliphatic carbocycles. The Kier molecular flexibility index (Phi) is 4.11. The number of halogens is 1. The van der Waals surface area contributed by atoms with Gasteiger partial charge in [-0.25, -0.2) is 4.68 Å². The highest BCUT2D eigenvalue weighted by Crippen LogP contribution is 2.18. The lowest BCUT2D eigenvalue weighted by molar-refractivity contribution is 0.0945. The van der Waals surface area contributed by atoms with E-state index in [-0.39, 0.29) is 11.6 Å². The second-order valence-corrected chi connectivity index (χ2v) is 4.91. The Hall–Kier alpha value is -2.73. The summed E-state index contributed by atoms with van der Waals surface area (Å²) in [6, 6.07) is 12.7. The zero-order valence-electron chi connectivity index (χ0n) is 11.5. The topological polar surface area (TPSA) is 72.7 Å². The summed E-state index contributed by atoms with van der Waals surface area (Å²) in [7, 11) is 0. The fourth-order valence-corrected chi connectivity index (χ4v) is 2.11. The van der Waals surface area contributed by atoms with Gasteiger partial charge in [0.15, 0.2) is 5.69 Å². The molecule has 2 heterocycles. The standard InChI is InChI=1S/C15H12ClN5O/c16-12-6-1-2-7-14(12)21-10-13(19-20-21)15(22)18-9-11-5-3-4-8-17-11/h1-8,10H,9H2,(H,18,22). The van der Waals surface area contributed by atoms with Crippen LogP contribution in [0.25, 0.3) is 5.69 Å². The summed E-state index contributed by atoms with van der Waals surface area (Å²) in [5.74, 6) is -0.316. The van der Waals surface area contributed by atoms with E-state index < -0.39 is 0 Å². The van der Waals surface area contributed by atoms with E-state index in [1.165, 1.54) is 10.9 Å². The minimum absolute atomic E-state index is 0.218. The Morgan fingerprint density at radius 3 is 2.77 bits per heavy atom. The average molecular weight is 314 g/mol. The first-order valence-corrected chi connectivity index (χ1v) is 6.97. The Bertz CT molecular complexity index is 787. The molecule has 0 spiro atoms. The molecule has 0 fully saturated rings. The van der Waals surface area contributed by atoms with Gasteiger partial charge in [-0.2, -0.15) is 0 Å². The average Bonchev–Trinajstić information content (AvgIpc) is 3.04. The van der Waals surface area contributed by atoms with E-state index in [2.05, 4.69) is 20.6 Å². The summed E-state index contributed by atoms with van der Waals surface area (Å²) >= 11 is 6.09. The van der Waals surface area contributed by atoms with Crippen molar-refractivity contribution in [3.8, 4) is 5.69 Å². The van der Waals surface area contributed by atoms with Crippen LogP contribution in [0.15, 0.2) is 54.9 Å². The van der Waals surface area contributed by atoms with Crippen LogP contribution in [0.1, 0.15) is 16.2 Å². The van der Waals surface area contributed by atoms with Gasteiger partial charge in [0.25, 0.3) is 5.91 Å². The van der Waals surface area contributed by atoms with E-state index >= 15 is 0 Å². The monoisotopic (exact) mass is 313 g/mol. The van der Waals surface area contributed by atoms with Gasteiger partial charge in [0.05, 0.1) is 29.1 Å². The maximum Gasteiger partial charge on any atom is 0.273 e. The van der Waals surface area contributed by atoms with E-state index in [0.717, 1.165) is 5.69 Å². The lowest BCUT2D eigenvalue weighted by Gasteiger charge is -2.02. The van der Waals surface area contributed by atoms with Crippen molar-refractivity contribution in [2.24, 2.45) is 0 Å². The fraction of sp³-hybridized carbons (Fsp3) is 0.0667. The Balaban J connectivity index is 1.71. The van der Waals surface area contributed by atoms with Crippen LogP contribution in [-0.2, 0) is 6.54 Å². The largest absolute Gasteiger partial charge is 0.345 e. The number of amides is 1. The van der Waals surface area contributed by atoms with Crippen molar-refractivity contribution in [1.82, 2.24) is 25.3 Å². The van der Waals surface area contributed by atoms with Crippen molar-refractivity contribution in [2.45, 2.75) is 6.54 Å². The van der Waals surface area contributed by atoms with Gasteiger partial charge in [0.2, 0.25) is 0 Å². The van der Waals surface area contributed by atoms with Gasteiger partial charge < -0.3 is 5.32 Å². The van der Waals surface area contributed by atoms with Crippen LogP contribution in [0.2, 0.25) is 5.02 Å². The Morgan fingerprint density at radius 2 is 2.00 bits per heavy atom. The second kappa shape index (κ2) is 6.36. The molecule has 1 aromatic carbocycles. The molecule has 22 heavy (non-hydrogen) atoms. The molecule has 0 unspecified atom stereocenters. The van der Waals surface area contributed by atoms with Crippen molar-refractivity contribution >= 4 is 17.5 Å². The maximum atomic E-state index is 12.1. The molecule has 0 radical (unpaired) electrons. The summed E-state index contributed by atoms with van der Waals surface area (Å²) in [6.07, 6.45) is 3.21. The van der Waals surface area contributed by atoms with E-state index in [1.54, 1.807) is 18.3 Å². The number of nitrogens with one attached hydrogen (secondary N) is 1. The number of nitrogens with zero attached hydrogens (tertiary/aromatic N) is 4. The van der Waals surface area contributed by atoms with Gasteiger partial charge in [0, 0.05) is 6.20 Å². The predicted octanol–water partition coefficient (Wildman–Crippen LogP) is 2.25. The minimum Gasteiger partial charge on any atom is -0.345 e. The predicted molar refractivity (Wildman–Crippen MR) is 81.8 cm³/mol. The normalized spacial score (nSPS) is 10.4. The molecule has 1 amide bonds. The second-order valence-electron chi connectivity index (χ2n) is 4.50. The summed E-state index contributed by atoms with van der Waals surface area (Å²) in [4.78, 5) is 16.2. The third-order valence-corrected chi connectivity index (χ3v) is 3.30. The minimum atomic E-state index is -0.316. The zero-order valence-corrected chi connectivity index (χ0v) is 12.2. The van der Waals surface area contributed by atoms with Crippen molar-refractivity contribution in [2.75, 3.05) is 0 Å². The molecular formula is C15H12ClN5O. The van der Waals surface area contributed by atoms with Crippen molar-refractivity contribution < 1.29 is 4.79 Å².